The summed E-state index contributed by atoms with van der Waals surface area (Å²) in [5, 5.41) is 0. The summed E-state index contributed by atoms with van der Waals surface area (Å²) in [6, 6.07) is 3.13. The number of nitrogen functional groups attached to an aromatic ring is 1. The van der Waals surface area contributed by atoms with Gasteiger partial charge in [0.15, 0.2) is 0 Å². The molecule has 1 atom stereocenters. The summed E-state index contributed by atoms with van der Waals surface area (Å²) in [7, 11) is 0. The van der Waals surface area contributed by atoms with Gasteiger partial charge < -0.3 is 0 Å². The van der Waals surface area contributed by atoms with Crippen LogP contribution >= 0.6 is 0 Å². The van der Waals surface area contributed by atoms with Crippen LogP contribution in [0.4, 0.5) is 0 Å². The third-order valence-corrected chi connectivity index (χ3v) is 3.01. The molecule has 0 aliphatic carbocycles. The topological polar surface area (TPSA) is 105 Å². The van der Waals surface area contributed by atoms with Gasteiger partial charge in [-0.1, -0.05) is 6.92 Å². The molecule has 1 unspecified atom stereocenters. The lowest BCUT2D eigenvalue weighted by molar-refractivity contribution is -0.140. The third kappa shape index (κ3) is 2.60. The Balaban J connectivity index is 2.10. The Bertz CT molecular complexity index is 526. The van der Waals surface area contributed by atoms with Gasteiger partial charge in [-0.2, -0.15) is 0 Å². The number of carbonyl (C=O) groups is 3. The zero-order chi connectivity index (χ0) is 14.0. The van der Waals surface area contributed by atoms with Gasteiger partial charge in [-0.15, -0.1) is 0 Å². The van der Waals surface area contributed by atoms with E-state index in [1.54, 1.807) is 19.1 Å². The summed E-state index contributed by atoms with van der Waals surface area (Å²) in [5.74, 6) is 3.91. The molecule has 1 aliphatic rings. The van der Waals surface area contributed by atoms with Gasteiger partial charge in [0.1, 0.15) is 0 Å². The summed E-state index contributed by atoms with van der Waals surface area (Å²) in [5.41, 5.74) is 2.86. The number of nitrogens with one attached hydrogen (secondary N) is 1. The van der Waals surface area contributed by atoms with Crippen LogP contribution in [0, 0.1) is 5.92 Å². The van der Waals surface area contributed by atoms with Crippen molar-refractivity contribution in [3.05, 3.63) is 29.6 Å². The number of hydrazine groups is 1. The zero-order valence-electron chi connectivity index (χ0n) is 10.4. The van der Waals surface area contributed by atoms with Gasteiger partial charge in [-0.3, -0.25) is 29.7 Å². The molecule has 1 aromatic heterocycles. The molecular formula is C12H14N4O3. The highest BCUT2D eigenvalue weighted by Crippen LogP contribution is 2.20. The Morgan fingerprint density at radius 3 is 2.74 bits per heavy atom. The van der Waals surface area contributed by atoms with E-state index in [1.165, 1.54) is 11.1 Å². The Morgan fingerprint density at radius 2 is 2.26 bits per heavy atom. The van der Waals surface area contributed by atoms with Gasteiger partial charge in [-0.05, 0) is 12.1 Å². The molecule has 0 radical (unpaired) electrons. The molecule has 7 heteroatoms. The maximum atomic E-state index is 11.7. The molecule has 19 heavy (non-hydrogen) atoms. The van der Waals surface area contributed by atoms with Gasteiger partial charge >= 0.3 is 0 Å². The first-order valence-electron chi connectivity index (χ1n) is 5.83. The number of amides is 3. The first kappa shape index (κ1) is 13.2. The lowest BCUT2D eigenvalue weighted by Gasteiger charge is -2.13. The fourth-order valence-electron chi connectivity index (χ4n) is 1.91. The fraction of sp³-hybridized carbons (Fsp3) is 0.333. The highest BCUT2D eigenvalue weighted by molar-refractivity contribution is 6.03. The van der Waals surface area contributed by atoms with Crippen LogP contribution in [0.25, 0.3) is 0 Å². The minimum absolute atomic E-state index is 0.131. The lowest BCUT2D eigenvalue weighted by Crippen LogP contribution is -2.31. The number of nitrogens with zero attached hydrogens (tertiary/aromatic N) is 2. The molecule has 3 N–H and O–H groups in total. The third-order valence-electron chi connectivity index (χ3n) is 3.01. The van der Waals surface area contributed by atoms with Crippen molar-refractivity contribution in [3.8, 4) is 0 Å². The lowest BCUT2D eigenvalue weighted by atomic mass is 10.1. The summed E-state index contributed by atoms with van der Waals surface area (Å²) in [6.45, 7) is 1.86. The van der Waals surface area contributed by atoms with E-state index in [-0.39, 0.29) is 30.7 Å². The molecule has 7 nitrogen and oxygen atoms in total. The molecule has 0 bridgehead atoms. The first-order valence-corrected chi connectivity index (χ1v) is 5.83. The molecule has 0 aromatic carbocycles. The van der Waals surface area contributed by atoms with Gasteiger partial charge in [0.25, 0.3) is 5.91 Å². The van der Waals surface area contributed by atoms with Crippen molar-refractivity contribution < 1.29 is 14.4 Å². The van der Waals surface area contributed by atoms with E-state index in [0.717, 1.165) is 0 Å². The minimum atomic E-state index is -0.444. The number of rotatable bonds is 3. The maximum Gasteiger partial charge on any atom is 0.266 e. The average Bonchev–Trinajstić information content (AvgIpc) is 2.65. The predicted molar refractivity (Wildman–Crippen MR) is 65.2 cm³/mol. The van der Waals surface area contributed by atoms with Crippen LogP contribution in [0.1, 0.15) is 29.4 Å². The quantitative estimate of drug-likeness (QED) is 0.333. The summed E-state index contributed by atoms with van der Waals surface area (Å²) in [6.07, 6.45) is 1.60. The van der Waals surface area contributed by atoms with E-state index in [4.69, 9.17) is 5.84 Å². The summed E-state index contributed by atoms with van der Waals surface area (Å²) in [4.78, 5) is 39.8. The molecule has 0 spiro atoms. The second-order valence-electron chi connectivity index (χ2n) is 4.43. The fourth-order valence-corrected chi connectivity index (χ4v) is 1.91. The van der Waals surface area contributed by atoms with E-state index in [9.17, 15) is 14.4 Å². The molecule has 2 heterocycles. The largest absolute Gasteiger partial charge is 0.290 e. The number of nitrogens with two attached hydrogens (primary N) is 1. The number of hydrogen-bond donors (Lipinski definition) is 2. The van der Waals surface area contributed by atoms with Crippen molar-refractivity contribution >= 4 is 17.7 Å². The molecule has 100 valence electrons. The van der Waals surface area contributed by atoms with Crippen molar-refractivity contribution in [1.29, 1.82) is 0 Å². The Labute approximate surface area is 109 Å². The first-order chi connectivity index (χ1) is 9.02. The molecule has 1 aliphatic heterocycles. The van der Waals surface area contributed by atoms with Crippen molar-refractivity contribution in [3.63, 3.8) is 0 Å². The molecule has 1 saturated heterocycles. The molecule has 3 amide bonds. The van der Waals surface area contributed by atoms with Crippen molar-refractivity contribution in [2.75, 3.05) is 0 Å². The van der Waals surface area contributed by atoms with Gasteiger partial charge in [0, 0.05) is 18.5 Å². The monoisotopic (exact) mass is 262 g/mol. The van der Waals surface area contributed by atoms with E-state index in [2.05, 4.69) is 4.98 Å². The smallest absolute Gasteiger partial charge is 0.266 e. The van der Waals surface area contributed by atoms with Gasteiger partial charge in [0.2, 0.25) is 11.8 Å². The van der Waals surface area contributed by atoms with Crippen LogP contribution < -0.4 is 11.3 Å². The van der Waals surface area contributed by atoms with E-state index in [1.807, 2.05) is 5.43 Å². The minimum Gasteiger partial charge on any atom is -0.290 e. The maximum absolute atomic E-state index is 11.7. The van der Waals surface area contributed by atoms with Crippen molar-refractivity contribution in [2.45, 2.75) is 19.9 Å². The van der Waals surface area contributed by atoms with Crippen LogP contribution in [0.2, 0.25) is 0 Å². The zero-order valence-corrected chi connectivity index (χ0v) is 10.4. The van der Waals surface area contributed by atoms with E-state index < -0.39 is 5.91 Å². The Morgan fingerprint density at radius 1 is 1.53 bits per heavy atom. The van der Waals surface area contributed by atoms with E-state index in [0.29, 0.717) is 11.3 Å². The SMILES string of the molecule is CC1CC(=O)N(Cc2ccc(C(=O)NN)cn2)C1=O. The number of hydrogen-bond acceptors (Lipinski definition) is 5. The second kappa shape index (κ2) is 5.15. The predicted octanol–water partition coefficient (Wildman–Crippen LogP) is -0.420. The number of aromatic nitrogens is 1. The Kier molecular flexibility index (Phi) is 3.57. The normalized spacial score (nSPS) is 18.8. The summed E-state index contributed by atoms with van der Waals surface area (Å²) >= 11 is 0. The molecule has 2 rings (SSSR count). The average molecular weight is 262 g/mol. The standard InChI is InChI=1S/C12H14N4O3/c1-7-4-10(17)16(12(7)19)6-9-3-2-8(5-14-9)11(18)15-13/h2-3,5,7H,4,6,13H2,1H3,(H,15,18). The Hall–Kier alpha value is -2.28. The van der Waals surface area contributed by atoms with Crippen LogP contribution in [0.15, 0.2) is 18.3 Å². The van der Waals surface area contributed by atoms with Crippen LogP contribution in [0.3, 0.4) is 0 Å². The van der Waals surface area contributed by atoms with Crippen LogP contribution in [-0.2, 0) is 16.1 Å². The van der Waals surface area contributed by atoms with E-state index >= 15 is 0 Å². The van der Waals surface area contributed by atoms with Crippen molar-refractivity contribution in [2.24, 2.45) is 11.8 Å². The number of likely N-dealkylation sites (tertiary alicyclic amines) is 1. The molecule has 1 fully saturated rings. The number of carbonyl (C=O) groups excluding carboxylic acids is 3. The second-order valence-corrected chi connectivity index (χ2v) is 4.43. The van der Waals surface area contributed by atoms with Gasteiger partial charge in [-0.25, -0.2) is 5.84 Å². The highest BCUT2D eigenvalue weighted by Gasteiger charge is 2.35. The molecule has 0 saturated carbocycles. The van der Waals surface area contributed by atoms with Crippen LogP contribution in [-0.4, -0.2) is 27.6 Å². The number of imide groups is 1. The molecule has 1 aromatic rings. The summed E-state index contributed by atoms with van der Waals surface area (Å²) < 4.78 is 0. The van der Waals surface area contributed by atoms with Crippen LogP contribution in [0.5, 0.6) is 0 Å². The molecular weight excluding hydrogens is 248 g/mol. The highest BCUT2D eigenvalue weighted by atomic mass is 16.2. The van der Waals surface area contributed by atoms with Gasteiger partial charge in [0.05, 0.1) is 17.8 Å². The number of pyridine rings is 1. The van der Waals surface area contributed by atoms with Crippen molar-refractivity contribution in [1.82, 2.24) is 15.3 Å².